The van der Waals surface area contributed by atoms with Crippen LogP contribution in [0.5, 0.6) is 11.5 Å². The maximum atomic E-state index is 14.8. The van der Waals surface area contributed by atoms with Crippen molar-refractivity contribution in [2.75, 3.05) is 13.2 Å². The zero-order valence-electron chi connectivity index (χ0n) is 17.8. The molecule has 0 unspecified atom stereocenters. The highest BCUT2D eigenvalue weighted by molar-refractivity contribution is 6.08. The van der Waals surface area contributed by atoms with Gasteiger partial charge < -0.3 is 9.47 Å². The smallest absolute Gasteiger partial charge is 0.131 e. The number of fused-ring (bicyclic) bond motifs is 3. The van der Waals surface area contributed by atoms with Crippen LogP contribution in [0, 0.1) is 5.82 Å². The first-order valence-corrected chi connectivity index (χ1v) is 11.1. The van der Waals surface area contributed by atoms with E-state index < -0.39 is 0 Å². The third-order valence-electron chi connectivity index (χ3n) is 5.38. The summed E-state index contributed by atoms with van der Waals surface area (Å²) in [6.07, 6.45) is 9.34. The average molecular weight is 397 g/mol. The molecule has 3 aromatic carbocycles. The fraction of sp³-hybridized carbons (Fsp3) is 0.462. The second-order valence-corrected chi connectivity index (χ2v) is 7.77. The van der Waals surface area contributed by atoms with Gasteiger partial charge in [-0.1, -0.05) is 58.4 Å². The summed E-state index contributed by atoms with van der Waals surface area (Å²) in [5, 5.41) is 3.42. The summed E-state index contributed by atoms with van der Waals surface area (Å²) in [5.41, 5.74) is 0. The first kappa shape index (κ1) is 21.4. The lowest BCUT2D eigenvalue weighted by Crippen LogP contribution is -1.98. The second-order valence-electron chi connectivity index (χ2n) is 7.77. The van der Waals surface area contributed by atoms with Gasteiger partial charge >= 0.3 is 0 Å². The van der Waals surface area contributed by atoms with Crippen LogP contribution in [0.3, 0.4) is 0 Å². The van der Waals surface area contributed by atoms with Gasteiger partial charge in [0.15, 0.2) is 0 Å². The highest BCUT2D eigenvalue weighted by Gasteiger charge is 2.09. The standard InChI is InChI=1S/C26H33FO2/c1-3-5-7-9-15-28-21-11-13-23-20(17-21)18-26(27)25-19-22(12-14-24(23)25)29-16-10-8-6-4-2/h11-14,17-19H,3-10,15-16H2,1-2H3. The Hall–Kier alpha value is -2.29. The molecule has 0 bridgehead atoms. The van der Waals surface area contributed by atoms with E-state index >= 15 is 0 Å². The van der Waals surface area contributed by atoms with E-state index in [1.807, 2.05) is 36.4 Å². The maximum absolute atomic E-state index is 14.8. The van der Waals surface area contributed by atoms with Crippen LogP contribution in [0.25, 0.3) is 21.5 Å². The van der Waals surface area contributed by atoms with Crippen molar-refractivity contribution in [1.29, 1.82) is 0 Å². The number of hydrogen-bond acceptors (Lipinski definition) is 2. The number of ether oxygens (including phenoxy) is 2. The van der Waals surface area contributed by atoms with Crippen LogP contribution < -0.4 is 9.47 Å². The van der Waals surface area contributed by atoms with Gasteiger partial charge in [0.2, 0.25) is 0 Å². The third-order valence-corrected chi connectivity index (χ3v) is 5.38. The van der Waals surface area contributed by atoms with Gasteiger partial charge in [0.1, 0.15) is 17.3 Å². The largest absolute Gasteiger partial charge is 0.494 e. The van der Waals surface area contributed by atoms with Crippen LogP contribution in [-0.2, 0) is 0 Å². The van der Waals surface area contributed by atoms with Crippen molar-refractivity contribution >= 4 is 21.5 Å². The molecule has 0 heterocycles. The molecule has 3 heteroatoms. The lowest BCUT2D eigenvalue weighted by molar-refractivity contribution is 0.305. The third kappa shape index (κ3) is 5.85. The number of hydrogen-bond donors (Lipinski definition) is 0. The Bertz CT molecular complexity index is 919. The molecule has 0 saturated heterocycles. The summed E-state index contributed by atoms with van der Waals surface area (Å²) in [6, 6.07) is 13.3. The Morgan fingerprint density at radius 3 is 1.83 bits per heavy atom. The van der Waals surface area contributed by atoms with Gasteiger partial charge in [-0.2, -0.15) is 0 Å². The monoisotopic (exact) mass is 396 g/mol. The Kier molecular flexibility index (Phi) is 8.15. The Morgan fingerprint density at radius 1 is 0.621 bits per heavy atom. The lowest BCUT2D eigenvalue weighted by atomic mass is 10.0. The molecule has 0 aliphatic carbocycles. The minimum absolute atomic E-state index is 0.218. The van der Waals surface area contributed by atoms with E-state index in [1.165, 1.54) is 38.5 Å². The predicted octanol–water partition coefficient (Wildman–Crippen LogP) is 8.05. The van der Waals surface area contributed by atoms with Crippen LogP contribution >= 0.6 is 0 Å². The minimum atomic E-state index is -0.218. The van der Waals surface area contributed by atoms with Crippen LogP contribution in [0.2, 0.25) is 0 Å². The molecule has 3 aromatic rings. The Morgan fingerprint density at radius 2 is 1.21 bits per heavy atom. The molecule has 0 aromatic heterocycles. The lowest BCUT2D eigenvalue weighted by Gasteiger charge is -2.11. The first-order valence-electron chi connectivity index (χ1n) is 11.1. The van der Waals surface area contributed by atoms with E-state index in [9.17, 15) is 4.39 Å². The van der Waals surface area contributed by atoms with E-state index in [0.29, 0.717) is 18.6 Å². The molecule has 0 spiro atoms. The SMILES string of the molecule is CCCCCCOc1ccc2c(c1)cc(F)c1cc(OCCCCCC)ccc12. The molecule has 0 N–H and O–H groups in total. The molecule has 0 aliphatic rings. The topological polar surface area (TPSA) is 18.5 Å². The molecular formula is C26H33FO2. The highest BCUT2D eigenvalue weighted by Crippen LogP contribution is 2.32. The van der Waals surface area contributed by atoms with Gasteiger partial charge in [0, 0.05) is 5.39 Å². The summed E-state index contributed by atoms with van der Waals surface area (Å²) in [5.74, 6) is 1.32. The zero-order chi connectivity index (χ0) is 20.5. The van der Waals surface area contributed by atoms with Crippen molar-refractivity contribution in [3.05, 3.63) is 48.3 Å². The second kappa shape index (κ2) is 11.0. The van der Waals surface area contributed by atoms with Gasteiger partial charge in [0.25, 0.3) is 0 Å². The van der Waals surface area contributed by atoms with Crippen molar-refractivity contribution in [2.24, 2.45) is 0 Å². The fourth-order valence-corrected chi connectivity index (χ4v) is 3.69. The number of rotatable bonds is 12. The number of benzene rings is 3. The Labute approximate surface area is 174 Å². The zero-order valence-corrected chi connectivity index (χ0v) is 17.8. The van der Waals surface area contributed by atoms with Gasteiger partial charge in [-0.05, 0) is 65.4 Å². The molecule has 0 amide bonds. The summed E-state index contributed by atoms with van der Waals surface area (Å²) >= 11 is 0. The van der Waals surface area contributed by atoms with Gasteiger partial charge in [-0.15, -0.1) is 0 Å². The van der Waals surface area contributed by atoms with Crippen LogP contribution in [0.15, 0.2) is 42.5 Å². The summed E-state index contributed by atoms with van der Waals surface area (Å²) in [4.78, 5) is 0. The van der Waals surface area contributed by atoms with E-state index in [2.05, 4.69) is 13.8 Å². The fourth-order valence-electron chi connectivity index (χ4n) is 3.69. The molecule has 2 nitrogen and oxygen atoms in total. The van der Waals surface area contributed by atoms with Gasteiger partial charge in [-0.3, -0.25) is 0 Å². The number of unbranched alkanes of at least 4 members (excludes halogenated alkanes) is 6. The van der Waals surface area contributed by atoms with Crippen molar-refractivity contribution < 1.29 is 13.9 Å². The maximum Gasteiger partial charge on any atom is 0.131 e. The van der Waals surface area contributed by atoms with E-state index in [1.54, 1.807) is 6.07 Å². The summed E-state index contributed by atoms with van der Waals surface area (Å²) in [6.45, 7) is 5.78. The number of halogens is 1. The van der Waals surface area contributed by atoms with E-state index in [4.69, 9.17) is 9.47 Å². The quantitative estimate of drug-likeness (QED) is 0.228. The van der Waals surface area contributed by atoms with Gasteiger partial charge in [-0.25, -0.2) is 4.39 Å². The average Bonchev–Trinajstić information content (AvgIpc) is 2.73. The Balaban J connectivity index is 1.73. The van der Waals surface area contributed by atoms with Crippen molar-refractivity contribution in [2.45, 2.75) is 65.2 Å². The predicted molar refractivity (Wildman–Crippen MR) is 121 cm³/mol. The van der Waals surface area contributed by atoms with Gasteiger partial charge in [0.05, 0.1) is 13.2 Å². The molecule has 3 rings (SSSR count). The van der Waals surface area contributed by atoms with E-state index in [-0.39, 0.29) is 5.82 Å². The molecule has 0 atom stereocenters. The molecule has 0 fully saturated rings. The molecular weight excluding hydrogens is 363 g/mol. The van der Waals surface area contributed by atoms with E-state index in [0.717, 1.165) is 40.5 Å². The summed E-state index contributed by atoms with van der Waals surface area (Å²) < 4.78 is 26.5. The van der Waals surface area contributed by atoms with Crippen LogP contribution in [0.1, 0.15) is 65.2 Å². The first-order chi connectivity index (χ1) is 14.2. The molecule has 156 valence electrons. The highest BCUT2D eigenvalue weighted by atomic mass is 19.1. The van der Waals surface area contributed by atoms with Crippen molar-refractivity contribution in [1.82, 2.24) is 0 Å². The minimum Gasteiger partial charge on any atom is -0.494 e. The van der Waals surface area contributed by atoms with Crippen molar-refractivity contribution in [3.8, 4) is 11.5 Å². The normalized spacial score (nSPS) is 11.3. The van der Waals surface area contributed by atoms with Crippen molar-refractivity contribution in [3.63, 3.8) is 0 Å². The molecule has 29 heavy (non-hydrogen) atoms. The molecule has 0 aliphatic heterocycles. The summed E-state index contributed by atoms with van der Waals surface area (Å²) in [7, 11) is 0. The van der Waals surface area contributed by atoms with Crippen LogP contribution in [0.4, 0.5) is 4.39 Å². The van der Waals surface area contributed by atoms with Crippen LogP contribution in [-0.4, -0.2) is 13.2 Å². The molecule has 0 saturated carbocycles. The molecule has 0 radical (unpaired) electrons.